The molecule has 0 saturated heterocycles. The largest absolute Gasteiger partial charge is 0.504 e. The maximum Gasteiger partial charge on any atom is 0.328 e. The van der Waals surface area contributed by atoms with Crippen LogP contribution in [0.3, 0.4) is 0 Å². The van der Waals surface area contributed by atoms with Crippen molar-refractivity contribution in [2.24, 2.45) is 0 Å². The van der Waals surface area contributed by atoms with Gasteiger partial charge in [-0.05, 0) is 35.9 Å². The van der Waals surface area contributed by atoms with Gasteiger partial charge >= 0.3 is 5.97 Å². The number of phenols is 5. The van der Waals surface area contributed by atoms with Crippen molar-refractivity contribution >= 4 is 12.0 Å². The zero-order valence-electron chi connectivity index (χ0n) is 11.2. The Balaban J connectivity index is 0.000000235. The van der Waals surface area contributed by atoms with E-state index < -0.39 is 11.7 Å². The molecule has 0 radical (unpaired) electrons. The molecule has 0 spiro atoms. The lowest BCUT2D eigenvalue weighted by Crippen LogP contribution is -1.85. The maximum atomic E-state index is 10.1. The number of aliphatic carboxylic acids is 1. The topological polar surface area (TPSA) is 138 Å². The smallest absolute Gasteiger partial charge is 0.328 e. The van der Waals surface area contributed by atoms with Crippen LogP contribution in [0.4, 0.5) is 0 Å². The molecule has 0 fully saturated rings. The van der Waals surface area contributed by atoms with Crippen molar-refractivity contribution < 1.29 is 35.4 Å². The number of benzene rings is 2. The lowest BCUT2D eigenvalue weighted by molar-refractivity contribution is -0.131. The number of aromatic hydroxyl groups is 5. The molecule has 7 heteroatoms. The van der Waals surface area contributed by atoms with Crippen molar-refractivity contribution in [2.75, 3.05) is 0 Å². The lowest BCUT2D eigenvalue weighted by Gasteiger charge is -1.97. The second-order valence-electron chi connectivity index (χ2n) is 4.06. The van der Waals surface area contributed by atoms with E-state index in [2.05, 4.69) is 0 Å². The highest BCUT2D eigenvalue weighted by Crippen LogP contribution is 2.32. The van der Waals surface area contributed by atoms with Crippen LogP contribution < -0.4 is 0 Å². The normalized spacial score (nSPS) is 10.0. The fourth-order valence-corrected chi connectivity index (χ4v) is 1.33. The average Bonchev–Trinajstić information content (AvgIpc) is 2.46. The summed E-state index contributed by atoms with van der Waals surface area (Å²) in [5.74, 6) is -2.66. The number of hydrogen-bond acceptors (Lipinski definition) is 6. The van der Waals surface area contributed by atoms with E-state index in [0.29, 0.717) is 5.56 Å². The summed E-state index contributed by atoms with van der Waals surface area (Å²) in [5, 5.41) is 52.4. The molecule has 0 unspecified atom stereocenters. The molecule has 22 heavy (non-hydrogen) atoms. The molecule has 0 aliphatic carbocycles. The van der Waals surface area contributed by atoms with Crippen molar-refractivity contribution in [3.63, 3.8) is 0 Å². The molecule has 0 amide bonds. The van der Waals surface area contributed by atoms with Crippen molar-refractivity contribution in [3.8, 4) is 28.7 Å². The number of carbonyl (C=O) groups is 1. The van der Waals surface area contributed by atoms with Crippen molar-refractivity contribution in [1.29, 1.82) is 0 Å². The molecular weight excluding hydrogens is 292 g/mol. The molecule has 7 nitrogen and oxygen atoms in total. The van der Waals surface area contributed by atoms with Crippen molar-refractivity contribution in [3.05, 3.63) is 48.0 Å². The lowest BCUT2D eigenvalue weighted by atomic mass is 10.2. The maximum absolute atomic E-state index is 10.1. The van der Waals surface area contributed by atoms with Gasteiger partial charge in [-0.25, -0.2) is 4.79 Å². The van der Waals surface area contributed by atoms with E-state index in [1.165, 1.54) is 42.5 Å². The van der Waals surface area contributed by atoms with Crippen LogP contribution >= 0.6 is 0 Å². The molecule has 2 rings (SSSR count). The van der Waals surface area contributed by atoms with Crippen LogP contribution in [-0.4, -0.2) is 36.6 Å². The minimum atomic E-state index is -1.06. The zero-order chi connectivity index (χ0) is 16.7. The summed E-state index contributed by atoms with van der Waals surface area (Å²) in [4.78, 5) is 10.1. The Morgan fingerprint density at radius 2 is 1.41 bits per heavy atom. The predicted molar refractivity (Wildman–Crippen MR) is 77.9 cm³/mol. The minimum absolute atomic E-state index is 0.229. The number of carboxylic acid groups (broad SMARTS) is 1. The van der Waals surface area contributed by atoms with Gasteiger partial charge in [-0.2, -0.15) is 0 Å². The summed E-state index contributed by atoms with van der Waals surface area (Å²) in [7, 11) is 0. The Kier molecular flexibility index (Phi) is 5.65. The number of hydrogen-bond donors (Lipinski definition) is 6. The van der Waals surface area contributed by atoms with Crippen LogP contribution in [0.15, 0.2) is 42.5 Å². The first kappa shape index (κ1) is 16.7. The Hall–Kier alpha value is -3.35. The summed E-state index contributed by atoms with van der Waals surface area (Å²) in [6.07, 6.45) is 2.27. The summed E-state index contributed by atoms with van der Waals surface area (Å²) in [6, 6.07) is 8.06. The molecule has 2 aromatic carbocycles. The van der Waals surface area contributed by atoms with E-state index in [-0.39, 0.29) is 23.0 Å². The molecule has 0 saturated carbocycles. The van der Waals surface area contributed by atoms with E-state index >= 15 is 0 Å². The van der Waals surface area contributed by atoms with Crippen LogP contribution in [0.1, 0.15) is 5.56 Å². The van der Waals surface area contributed by atoms with Crippen LogP contribution in [0.2, 0.25) is 0 Å². The van der Waals surface area contributed by atoms with Gasteiger partial charge in [0.15, 0.2) is 28.7 Å². The highest BCUT2D eigenvalue weighted by atomic mass is 16.4. The second kappa shape index (κ2) is 7.44. The number of phenolic OH excluding ortho intramolecular Hbond substituents is 5. The second-order valence-corrected chi connectivity index (χ2v) is 4.06. The number of rotatable bonds is 2. The van der Waals surface area contributed by atoms with E-state index in [1.54, 1.807) is 0 Å². The van der Waals surface area contributed by atoms with E-state index in [9.17, 15) is 4.79 Å². The first-order valence-electron chi connectivity index (χ1n) is 5.94. The average molecular weight is 306 g/mol. The summed E-state index contributed by atoms with van der Waals surface area (Å²) in [5.41, 5.74) is 0.512. The third-order valence-electron chi connectivity index (χ3n) is 2.41. The van der Waals surface area contributed by atoms with Gasteiger partial charge in [0, 0.05) is 6.08 Å². The molecule has 0 bridgehead atoms. The van der Waals surface area contributed by atoms with Gasteiger partial charge in [0.05, 0.1) is 0 Å². The Labute approximate surface area is 125 Å². The minimum Gasteiger partial charge on any atom is -0.504 e. The van der Waals surface area contributed by atoms with Crippen LogP contribution in [-0.2, 0) is 4.79 Å². The third-order valence-corrected chi connectivity index (χ3v) is 2.41. The molecular formula is C15H14O7. The quantitative estimate of drug-likeness (QED) is 0.368. The summed E-state index contributed by atoms with van der Waals surface area (Å²) >= 11 is 0. The van der Waals surface area contributed by atoms with E-state index in [4.69, 9.17) is 30.6 Å². The molecule has 0 aliphatic heterocycles. The first-order valence-corrected chi connectivity index (χ1v) is 5.94. The summed E-state index contributed by atoms with van der Waals surface area (Å²) in [6.45, 7) is 0. The van der Waals surface area contributed by atoms with Gasteiger partial charge in [0.25, 0.3) is 0 Å². The molecule has 0 aromatic heterocycles. The fraction of sp³-hybridized carbons (Fsp3) is 0. The molecule has 2 aromatic rings. The number of para-hydroxylation sites is 1. The van der Waals surface area contributed by atoms with Crippen LogP contribution in [0.25, 0.3) is 6.08 Å². The highest BCUT2D eigenvalue weighted by molar-refractivity contribution is 5.85. The highest BCUT2D eigenvalue weighted by Gasteiger charge is 2.01. The number of carboxylic acids is 1. The van der Waals surface area contributed by atoms with E-state index in [0.717, 1.165) is 6.08 Å². The van der Waals surface area contributed by atoms with Crippen molar-refractivity contribution in [1.82, 2.24) is 0 Å². The standard InChI is InChI=1S/C9H8O4.C6H6O3/c10-7-3-1-6(5-8(7)11)2-4-9(12)13;7-4-2-1-3-5(8)6(4)9/h1-5,10-11H,(H,12,13);1-3,7-9H/b4-2+;. The van der Waals surface area contributed by atoms with Gasteiger partial charge < -0.3 is 30.6 Å². The SMILES string of the molecule is O=C(O)/C=C/c1ccc(O)c(O)c1.Oc1cccc(O)c1O. The van der Waals surface area contributed by atoms with Crippen molar-refractivity contribution in [2.45, 2.75) is 0 Å². The Morgan fingerprint density at radius 3 is 1.86 bits per heavy atom. The molecule has 0 aliphatic rings. The Morgan fingerprint density at radius 1 is 0.818 bits per heavy atom. The van der Waals surface area contributed by atoms with Crippen LogP contribution in [0.5, 0.6) is 28.7 Å². The van der Waals surface area contributed by atoms with Crippen LogP contribution in [0, 0.1) is 0 Å². The predicted octanol–water partition coefficient (Wildman–Crippen LogP) is 2.00. The molecule has 6 N–H and O–H groups in total. The van der Waals surface area contributed by atoms with Gasteiger partial charge in [-0.3, -0.25) is 0 Å². The third kappa shape index (κ3) is 4.97. The first-order chi connectivity index (χ1) is 10.3. The van der Waals surface area contributed by atoms with Gasteiger partial charge in [-0.1, -0.05) is 12.1 Å². The van der Waals surface area contributed by atoms with Gasteiger partial charge in [0.2, 0.25) is 0 Å². The summed E-state index contributed by atoms with van der Waals surface area (Å²) < 4.78 is 0. The molecule has 0 atom stereocenters. The molecule has 0 heterocycles. The zero-order valence-corrected chi connectivity index (χ0v) is 11.2. The van der Waals surface area contributed by atoms with E-state index in [1.807, 2.05) is 0 Å². The van der Waals surface area contributed by atoms with Gasteiger partial charge in [-0.15, -0.1) is 0 Å². The Bertz CT molecular complexity index is 672. The fourth-order valence-electron chi connectivity index (χ4n) is 1.33. The van der Waals surface area contributed by atoms with Gasteiger partial charge in [0.1, 0.15) is 0 Å². The molecule has 116 valence electrons. The monoisotopic (exact) mass is 306 g/mol.